The van der Waals surface area contributed by atoms with Gasteiger partial charge in [0.1, 0.15) is 11.5 Å². The Morgan fingerprint density at radius 2 is 1.81 bits per heavy atom. The van der Waals surface area contributed by atoms with E-state index < -0.39 is 10.9 Å². The molecule has 132 valence electrons. The Hall–Kier alpha value is -3.61. The van der Waals surface area contributed by atoms with Crippen LogP contribution < -0.4 is 9.47 Å². The zero-order chi connectivity index (χ0) is 18.7. The Kier molecular flexibility index (Phi) is 4.70. The minimum Gasteiger partial charge on any atom is -0.497 e. The number of ether oxygens (including phenoxy) is 3. The topological polar surface area (TPSA) is 87.9 Å². The highest BCUT2D eigenvalue weighted by molar-refractivity contribution is 6.05. The van der Waals surface area contributed by atoms with Crippen molar-refractivity contribution in [2.45, 2.75) is 0 Å². The zero-order valence-corrected chi connectivity index (χ0v) is 14.1. The lowest BCUT2D eigenvalue weighted by Gasteiger charge is -2.03. The summed E-state index contributed by atoms with van der Waals surface area (Å²) >= 11 is 0. The summed E-state index contributed by atoms with van der Waals surface area (Å²) in [5.41, 5.74) is 1.35. The van der Waals surface area contributed by atoms with Crippen molar-refractivity contribution in [3.63, 3.8) is 0 Å². The lowest BCUT2D eigenvalue weighted by atomic mass is 10.1. The van der Waals surface area contributed by atoms with Gasteiger partial charge >= 0.3 is 11.7 Å². The van der Waals surface area contributed by atoms with Gasteiger partial charge in [0.25, 0.3) is 0 Å². The molecule has 0 atom stereocenters. The van der Waals surface area contributed by atoms with Gasteiger partial charge in [0.2, 0.25) is 0 Å². The Bertz CT molecular complexity index is 928. The van der Waals surface area contributed by atoms with E-state index in [2.05, 4.69) is 0 Å². The Labute approximate surface area is 149 Å². The second kappa shape index (κ2) is 7.10. The molecule has 1 aliphatic rings. The summed E-state index contributed by atoms with van der Waals surface area (Å²) in [7, 11) is 2.93. The van der Waals surface area contributed by atoms with Crippen molar-refractivity contribution in [1.82, 2.24) is 0 Å². The Balaban J connectivity index is 1.93. The molecule has 1 aliphatic heterocycles. The quantitative estimate of drug-likeness (QED) is 0.353. The van der Waals surface area contributed by atoms with E-state index in [0.29, 0.717) is 22.6 Å². The van der Waals surface area contributed by atoms with E-state index in [1.807, 2.05) is 0 Å². The van der Waals surface area contributed by atoms with Gasteiger partial charge in [0, 0.05) is 11.6 Å². The van der Waals surface area contributed by atoms with Crippen LogP contribution in [0.4, 0.5) is 5.69 Å². The number of hydrogen-bond donors (Lipinski definition) is 0. The van der Waals surface area contributed by atoms with Crippen LogP contribution in [-0.2, 0) is 9.53 Å². The molecule has 7 heteroatoms. The summed E-state index contributed by atoms with van der Waals surface area (Å²) in [6.45, 7) is 0. The predicted molar refractivity (Wildman–Crippen MR) is 94.7 cm³/mol. The number of hydrogen-bond acceptors (Lipinski definition) is 6. The number of benzene rings is 2. The maximum absolute atomic E-state index is 12.1. The maximum Gasteiger partial charge on any atom is 0.343 e. The molecule has 0 spiro atoms. The zero-order valence-electron chi connectivity index (χ0n) is 14.1. The number of nitro benzene ring substituents is 1. The first kappa shape index (κ1) is 17.2. The second-order valence-corrected chi connectivity index (χ2v) is 5.41. The van der Waals surface area contributed by atoms with Crippen LogP contribution in [0, 0.1) is 10.1 Å². The molecule has 0 bridgehead atoms. The summed E-state index contributed by atoms with van der Waals surface area (Å²) in [6.07, 6.45) is 3.13. The van der Waals surface area contributed by atoms with Gasteiger partial charge < -0.3 is 14.2 Å². The highest BCUT2D eigenvalue weighted by Gasteiger charge is 2.23. The van der Waals surface area contributed by atoms with E-state index in [1.54, 1.807) is 43.5 Å². The van der Waals surface area contributed by atoms with Crippen LogP contribution in [0.5, 0.6) is 11.5 Å². The average Bonchev–Trinajstić information content (AvgIpc) is 3.02. The van der Waals surface area contributed by atoms with Gasteiger partial charge in [-0.2, -0.15) is 0 Å². The highest BCUT2D eigenvalue weighted by atomic mass is 16.6. The predicted octanol–water partition coefficient (Wildman–Crippen LogP) is 3.59. The fourth-order valence-corrected chi connectivity index (χ4v) is 2.51. The average molecular weight is 353 g/mol. The van der Waals surface area contributed by atoms with E-state index in [9.17, 15) is 14.9 Å². The van der Waals surface area contributed by atoms with E-state index in [0.717, 1.165) is 5.56 Å². The molecule has 1 heterocycles. The normalized spacial score (nSPS) is 14.8. The fraction of sp³-hybridized carbons (Fsp3) is 0.105. The van der Waals surface area contributed by atoms with E-state index in [4.69, 9.17) is 14.2 Å². The Morgan fingerprint density at radius 3 is 2.42 bits per heavy atom. The number of nitrogens with zero attached hydrogens (tertiary/aromatic N) is 1. The molecule has 0 amide bonds. The molecule has 0 fully saturated rings. The van der Waals surface area contributed by atoms with Crippen molar-refractivity contribution in [2.24, 2.45) is 0 Å². The molecule has 2 aromatic rings. The van der Waals surface area contributed by atoms with Crippen LogP contribution in [0.15, 0.2) is 54.1 Å². The van der Waals surface area contributed by atoms with E-state index >= 15 is 0 Å². The van der Waals surface area contributed by atoms with Crippen LogP contribution in [0.1, 0.15) is 11.1 Å². The first-order valence-corrected chi connectivity index (χ1v) is 7.64. The van der Waals surface area contributed by atoms with Crippen molar-refractivity contribution < 1.29 is 23.9 Å². The summed E-state index contributed by atoms with van der Waals surface area (Å²) in [4.78, 5) is 22.7. The van der Waals surface area contributed by atoms with Crippen LogP contribution in [0.2, 0.25) is 0 Å². The molecule has 0 aromatic heterocycles. The number of esters is 1. The molecule has 0 saturated carbocycles. The van der Waals surface area contributed by atoms with Crippen LogP contribution in [0.3, 0.4) is 0 Å². The number of carbonyl (C=O) groups excluding carboxylic acids is 1. The lowest BCUT2D eigenvalue weighted by molar-refractivity contribution is -0.385. The molecule has 0 aliphatic carbocycles. The summed E-state index contributed by atoms with van der Waals surface area (Å²) in [6, 6.07) is 11.5. The van der Waals surface area contributed by atoms with Gasteiger partial charge in [-0.05, 0) is 48.0 Å². The molecule has 0 saturated heterocycles. The lowest BCUT2D eigenvalue weighted by Crippen LogP contribution is -1.98. The van der Waals surface area contributed by atoms with Crippen LogP contribution in [0.25, 0.3) is 11.8 Å². The van der Waals surface area contributed by atoms with Gasteiger partial charge in [0.15, 0.2) is 5.75 Å². The number of nitro groups is 1. The van der Waals surface area contributed by atoms with Gasteiger partial charge in [-0.1, -0.05) is 6.07 Å². The third kappa shape index (κ3) is 3.41. The number of cyclic esters (lactones) is 1. The molecular formula is C19H15NO6. The van der Waals surface area contributed by atoms with Gasteiger partial charge in [-0.3, -0.25) is 10.1 Å². The van der Waals surface area contributed by atoms with E-state index in [1.165, 1.54) is 25.3 Å². The first-order chi connectivity index (χ1) is 12.5. The minimum atomic E-state index is -0.535. The van der Waals surface area contributed by atoms with Gasteiger partial charge in [-0.15, -0.1) is 0 Å². The largest absolute Gasteiger partial charge is 0.497 e. The Morgan fingerprint density at radius 1 is 1.08 bits per heavy atom. The third-order valence-electron chi connectivity index (χ3n) is 3.82. The van der Waals surface area contributed by atoms with Crippen molar-refractivity contribution in [1.29, 1.82) is 0 Å². The first-order valence-electron chi connectivity index (χ1n) is 7.64. The summed E-state index contributed by atoms with van der Waals surface area (Å²) < 4.78 is 15.4. The van der Waals surface area contributed by atoms with E-state index in [-0.39, 0.29) is 11.4 Å². The summed E-state index contributed by atoms with van der Waals surface area (Å²) in [5.74, 6) is 0.738. The third-order valence-corrected chi connectivity index (χ3v) is 3.82. The van der Waals surface area contributed by atoms with Crippen LogP contribution >= 0.6 is 0 Å². The molecule has 3 rings (SSSR count). The smallest absolute Gasteiger partial charge is 0.343 e. The number of methoxy groups -OCH3 is 2. The monoisotopic (exact) mass is 353 g/mol. The van der Waals surface area contributed by atoms with Crippen molar-refractivity contribution in [3.8, 4) is 11.5 Å². The fourth-order valence-electron chi connectivity index (χ4n) is 2.51. The molecule has 2 aromatic carbocycles. The standard InChI is InChI=1S/C19H15NO6/c1-24-15-6-4-13(5-7-15)18-11-14(19(21)26-18)9-12-3-8-17(25-2)16(10-12)20(22)23/h3-11H,1-2H3/b14-9+. The van der Waals surface area contributed by atoms with Gasteiger partial charge in [-0.25, -0.2) is 4.79 Å². The molecular weight excluding hydrogens is 338 g/mol. The van der Waals surface area contributed by atoms with Gasteiger partial charge in [0.05, 0.1) is 24.7 Å². The molecule has 0 N–H and O–H groups in total. The maximum atomic E-state index is 12.1. The summed E-state index contributed by atoms with van der Waals surface area (Å²) in [5, 5.41) is 11.1. The van der Waals surface area contributed by atoms with Crippen molar-refractivity contribution in [2.75, 3.05) is 14.2 Å². The molecule has 0 unspecified atom stereocenters. The number of rotatable bonds is 5. The molecule has 26 heavy (non-hydrogen) atoms. The molecule has 7 nitrogen and oxygen atoms in total. The molecule has 0 radical (unpaired) electrons. The minimum absolute atomic E-state index is 0.153. The number of carbonyl (C=O) groups is 1. The second-order valence-electron chi connectivity index (χ2n) is 5.41. The van der Waals surface area contributed by atoms with Crippen molar-refractivity contribution >= 4 is 23.5 Å². The highest BCUT2D eigenvalue weighted by Crippen LogP contribution is 2.31. The van der Waals surface area contributed by atoms with Crippen molar-refractivity contribution in [3.05, 3.63) is 75.4 Å². The SMILES string of the molecule is COc1ccc(C2=C/C(=C\c3ccc(OC)c([N+](=O)[O-])c3)C(=O)O2)cc1. The van der Waals surface area contributed by atoms with Crippen LogP contribution in [-0.4, -0.2) is 25.1 Å².